The lowest BCUT2D eigenvalue weighted by Crippen LogP contribution is -1.77. The molecule has 4 heteroatoms. The van der Waals surface area contributed by atoms with E-state index in [-0.39, 0.29) is 5.75 Å². The smallest absolute Gasteiger partial charge is 0.137 e. The molecule has 0 unspecified atom stereocenters. The Morgan fingerprint density at radius 2 is 2.23 bits per heavy atom. The molecule has 13 heavy (non-hydrogen) atoms. The number of thiol groups is 1. The molecule has 0 atom stereocenters. The van der Waals surface area contributed by atoms with Gasteiger partial charge in [-0.05, 0) is 28.1 Å². The van der Waals surface area contributed by atoms with Crippen LogP contribution in [0.1, 0.15) is 5.56 Å². The summed E-state index contributed by atoms with van der Waals surface area (Å²) in [5.41, 5.74) is 0.688. The Kier molecular flexibility index (Phi) is 4.16. The molecule has 0 amide bonds. The number of aromatic hydroxyl groups is 1. The lowest BCUT2D eigenvalue weighted by atomic mass is 10.2. The lowest BCUT2D eigenvalue weighted by molar-refractivity contribution is 0.470. The van der Waals surface area contributed by atoms with Crippen molar-refractivity contribution in [2.24, 2.45) is 0 Å². The molecule has 0 aliphatic rings. The van der Waals surface area contributed by atoms with Crippen molar-refractivity contribution < 1.29 is 5.11 Å². The predicted molar refractivity (Wildman–Crippen MR) is 63.7 cm³/mol. The van der Waals surface area contributed by atoms with Gasteiger partial charge in [-0.25, -0.2) is 0 Å². The van der Waals surface area contributed by atoms with Crippen LogP contribution in [0, 0.1) is 0 Å². The number of hydrogen-bond donors (Lipinski definition) is 2. The van der Waals surface area contributed by atoms with Crippen LogP contribution in [-0.2, 0) is 0 Å². The molecular weight excluding hydrogens is 272 g/mol. The summed E-state index contributed by atoms with van der Waals surface area (Å²) in [4.78, 5) is 0. The lowest BCUT2D eigenvalue weighted by Gasteiger charge is -2.02. The van der Waals surface area contributed by atoms with Crippen molar-refractivity contribution in [3.8, 4) is 5.75 Å². The molecule has 0 spiro atoms. The van der Waals surface area contributed by atoms with Crippen LogP contribution < -0.4 is 0 Å². The van der Waals surface area contributed by atoms with Gasteiger partial charge in [-0.15, -0.1) is 0 Å². The number of phenols is 1. The summed E-state index contributed by atoms with van der Waals surface area (Å²) in [7, 11) is 0. The van der Waals surface area contributed by atoms with Gasteiger partial charge in [-0.1, -0.05) is 23.8 Å². The summed E-state index contributed by atoms with van der Waals surface area (Å²) >= 11 is 13.0. The van der Waals surface area contributed by atoms with Gasteiger partial charge in [-0.3, -0.25) is 0 Å². The summed E-state index contributed by atoms with van der Waals surface area (Å²) in [6, 6.07) is 3.34. The first-order chi connectivity index (χ1) is 6.15. The van der Waals surface area contributed by atoms with Crippen LogP contribution in [0.2, 0.25) is 5.02 Å². The van der Waals surface area contributed by atoms with Crippen molar-refractivity contribution in [3.05, 3.63) is 33.3 Å². The van der Waals surface area contributed by atoms with Gasteiger partial charge in [0.2, 0.25) is 0 Å². The number of phenolic OH excluding ortho intramolecular Hbond substituents is 1. The van der Waals surface area contributed by atoms with Crippen molar-refractivity contribution >= 4 is 46.2 Å². The molecule has 0 aromatic heterocycles. The van der Waals surface area contributed by atoms with Gasteiger partial charge in [0.05, 0.1) is 4.47 Å². The zero-order valence-electron chi connectivity index (χ0n) is 6.67. The van der Waals surface area contributed by atoms with Crippen molar-refractivity contribution in [1.82, 2.24) is 0 Å². The second kappa shape index (κ2) is 4.94. The summed E-state index contributed by atoms with van der Waals surface area (Å²) in [5, 5.41) is 10.2. The normalized spacial score (nSPS) is 11.0. The van der Waals surface area contributed by atoms with E-state index in [1.54, 1.807) is 18.2 Å². The van der Waals surface area contributed by atoms with Gasteiger partial charge < -0.3 is 5.11 Å². The molecule has 1 aromatic rings. The van der Waals surface area contributed by atoms with E-state index < -0.39 is 0 Å². The Morgan fingerprint density at radius 1 is 1.54 bits per heavy atom. The molecule has 1 rings (SSSR count). The minimum Gasteiger partial charge on any atom is -0.506 e. The highest BCUT2D eigenvalue weighted by Gasteiger charge is 2.03. The van der Waals surface area contributed by atoms with Crippen molar-refractivity contribution in [2.75, 3.05) is 5.75 Å². The topological polar surface area (TPSA) is 20.2 Å². The highest BCUT2D eigenvalue weighted by atomic mass is 79.9. The number of halogens is 2. The zero-order valence-corrected chi connectivity index (χ0v) is 9.90. The Morgan fingerprint density at radius 3 is 2.85 bits per heavy atom. The van der Waals surface area contributed by atoms with E-state index in [4.69, 9.17) is 11.6 Å². The SMILES string of the molecule is Oc1c(Br)cc(Cl)cc1C=CCS. The van der Waals surface area contributed by atoms with Crippen LogP contribution in [0.15, 0.2) is 22.7 Å². The van der Waals surface area contributed by atoms with Crippen LogP contribution in [-0.4, -0.2) is 10.9 Å². The fourth-order valence-corrected chi connectivity index (χ4v) is 1.83. The van der Waals surface area contributed by atoms with E-state index in [1.807, 2.05) is 6.08 Å². The maximum atomic E-state index is 9.57. The van der Waals surface area contributed by atoms with Crippen LogP contribution in [0.4, 0.5) is 0 Å². The minimum absolute atomic E-state index is 0.197. The highest BCUT2D eigenvalue weighted by Crippen LogP contribution is 2.32. The Bertz CT molecular complexity index is 339. The predicted octanol–water partition coefficient (Wildman–Crippen LogP) is 3.75. The maximum absolute atomic E-state index is 9.57. The molecule has 0 aliphatic heterocycles. The van der Waals surface area contributed by atoms with Gasteiger partial charge in [-0.2, -0.15) is 12.6 Å². The second-order valence-corrected chi connectivity index (χ2v) is 4.07. The molecule has 0 radical (unpaired) electrons. The third-order valence-corrected chi connectivity index (χ3v) is 2.49. The average Bonchev–Trinajstić information content (AvgIpc) is 2.09. The average molecular weight is 280 g/mol. The summed E-state index contributed by atoms with van der Waals surface area (Å²) in [5.74, 6) is 0.825. The Balaban J connectivity index is 3.12. The van der Waals surface area contributed by atoms with E-state index in [9.17, 15) is 5.11 Å². The monoisotopic (exact) mass is 278 g/mol. The molecule has 0 bridgehead atoms. The van der Waals surface area contributed by atoms with Crippen molar-refractivity contribution in [1.29, 1.82) is 0 Å². The maximum Gasteiger partial charge on any atom is 0.137 e. The highest BCUT2D eigenvalue weighted by molar-refractivity contribution is 9.10. The van der Waals surface area contributed by atoms with Gasteiger partial charge in [0, 0.05) is 16.3 Å². The number of benzene rings is 1. The molecule has 0 saturated heterocycles. The fraction of sp³-hybridized carbons (Fsp3) is 0.111. The molecule has 1 nitrogen and oxygen atoms in total. The van der Waals surface area contributed by atoms with E-state index >= 15 is 0 Å². The molecule has 70 valence electrons. The second-order valence-electron chi connectivity index (χ2n) is 2.41. The first-order valence-electron chi connectivity index (χ1n) is 3.60. The molecule has 0 fully saturated rings. The van der Waals surface area contributed by atoms with Crippen molar-refractivity contribution in [3.63, 3.8) is 0 Å². The van der Waals surface area contributed by atoms with Gasteiger partial charge in [0.25, 0.3) is 0 Å². The standard InChI is InChI=1S/C9H8BrClOS/c10-8-5-7(11)4-6(9(8)12)2-1-3-13/h1-2,4-5,12-13H,3H2. The fourth-order valence-electron chi connectivity index (χ4n) is 0.893. The molecular formula is C9H8BrClOS. The molecule has 0 aliphatic carbocycles. The zero-order chi connectivity index (χ0) is 9.84. The molecule has 1 N–H and O–H groups in total. The van der Waals surface area contributed by atoms with Crippen LogP contribution in [0.5, 0.6) is 5.75 Å². The number of rotatable bonds is 2. The first kappa shape index (κ1) is 11.0. The Hall–Kier alpha value is -0.120. The van der Waals surface area contributed by atoms with Gasteiger partial charge >= 0.3 is 0 Å². The minimum atomic E-state index is 0.197. The summed E-state index contributed by atoms with van der Waals surface area (Å²) < 4.78 is 0.596. The van der Waals surface area contributed by atoms with Crippen LogP contribution in [0.25, 0.3) is 6.08 Å². The third-order valence-electron chi connectivity index (χ3n) is 1.46. The Labute approximate surface area is 96.0 Å². The van der Waals surface area contributed by atoms with E-state index in [2.05, 4.69) is 28.6 Å². The number of hydrogen-bond acceptors (Lipinski definition) is 2. The quantitative estimate of drug-likeness (QED) is 0.790. The van der Waals surface area contributed by atoms with E-state index in [0.717, 1.165) is 0 Å². The van der Waals surface area contributed by atoms with E-state index in [0.29, 0.717) is 20.8 Å². The first-order valence-corrected chi connectivity index (χ1v) is 5.41. The van der Waals surface area contributed by atoms with E-state index in [1.165, 1.54) is 0 Å². The third kappa shape index (κ3) is 2.93. The molecule has 0 saturated carbocycles. The van der Waals surface area contributed by atoms with Gasteiger partial charge in [0.1, 0.15) is 5.75 Å². The summed E-state index contributed by atoms with van der Waals surface area (Å²) in [6.07, 6.45) is 3.61. The van der Waals surface area contributed by atoms with Crippen LogP contribution >= 0.6 is 40.2 Å². The largest absolute Gasteiger partial charge is 0.506 e. The van der Waals surface area contributed by atoms with Gasteiger partial charge in [0.15, 0.2) is 0 Å². The van der Waals surface area contributed by atoms with Crippen molar-refractivity contribution in [2.45, 2.75) is 0 Å². The summed E-state index contributed by atoms with van der Waals surface area (Å²) in [6.45, 7) is 0. The molecule has 0 heterocycles. The molecule has 1 aromatic carbocycles. The van der Waals surface area contributed by atoms with Crippen LogP contribution in [0.3, 0.4) is 0 Å².